The lowest BCUT2D eigenvalue weighted by atomic mass is 10.2. The Kier molecular flexibility index (Phi) is 5.72. The molecule has 0 unspecified atom stereocenters. The number of carbonyl (C=O) groups is 3. The second-order valence-electron chi connectivity index (χ2n) is 4.62. The third-order valence-electron chi connectivity index (χ3n) is 3.08. The van der Waals surface area contributed by atoms with E-state index in [0.29, 0.717) is 21.4 Å². The van der Waals surface area contributed by atoms with Gasteiger partial charge in [0.2, 0.25) is 0 Å². The number of anilines is 1. The molecule has 1 aliphatic heterocycles. The first kappa shape index (κ1) is 17.4. The monoisotopic (exact) mass is 430 g/mol. The number of hydrogen-bond acceptors (Lipinski definition) is 6. The number of halogens is 1. The summed E-state index contributed by atoms with van der Waals surface area (Å²) in [7, 11) is 0. The van der Waals surface area contributed by atoms with E-state index in [2.05, 4.69) is 5.32 Å². The van der Waals surface area contributed by atoms with Gasteiger partial charge in [-0.15, -0.1) is 0 Å². The Bertz CT molecular complexity index is 686. The largest absolute Gasteiger partial charge is 0.462 e. The molecule has 122 valence electrons. The van der Waals surface area contributed by atoms with E-state index < -0.39 is 17.8 Å². The zero-order valence-electron chi connectivity index (χ0n) is 12.3. The van der Waals surface area contributed by atoms with Crippen molar-refractivity contribution in [3.05, 3.63) is 39.1 Å². The highest BCUT2D eigenvalue weighted by Gasteiger charge is 2.30. The topological polar surface area (TPSA) is 95.9 Å². The lowest BCUT2D eigenvalue weighted by molar-refractivity contribution is -0.137. The molecule has 0 fully saturated rings. The Labute approximate surface area is 146 Å². The van der Waals surface area contributed by atoms with Gasteiger partial charge in [0.05, 0.1) is 31.0 Å². The van der Waals surface area contributed by atoms with Gasteiger partial charge in [-0.25, -0.2) is 4.79 Å². The summed E-state index contributed by atoms with van der Waals surface area (Å²) in [6, 6.07) is 4.85. The zero-order chi connectivity index (χ0) is 17.0. The van der Waals surface area contributed by atoms with Crippen molar-refractivity contribution in [1.29, 1.82) is 0 Å². The standard InChI is InChI=1S/C15H15IN2O5/c1-2-23-15(22)9-3-4-11(10(16)7-9)17-12-8-13(20)18(5-6-19)14(12)21/h3-4,7-8,17,19H,2,5-6H2,1H3. The van der Waals surface area contributed by atoms with E-state index in [1.807, 2.05) is 22.6 Å². The normalized spacial score (nSPS) is 14.0. The van der Waals surface area contributed by atoms with Crippen molar-refractivity contribution in [3.63, 3.8) is 0 Å². The van der Waals surface area contributed by atoms with Crippen molar-refractivity contribution in [2.45, 2.75) is 6.92 Å². The summed E-state index contributed by atoms with van der Waals surface area (Å²) in [6.07, 6.45) is 1.19. The van der Waals surface area contributed by atoms with Gasteiger partial charge in [-0.05, 0) is 47.7 Å². The number of benzene rings is 1. The molecule has 0 saturated carbocycles. The lowest BCUT2D eigenvalue weighted by Crippen LogP contribution is -2.34. The van der Waals surface area contributed by atoms with Crippen molar-refractivity contribution in [1.82, 2.24) is 4.90 Å². The third-order valence-corrected chi connectivity index (χ3v) is 3.98. The molecule has 0 radical (unpaired) electrons. The maximum absolute atomic E-state index is 12.1. The van der Waals surface area contributed by atoms with Crippen molar-refractivity contribution in [2.75, 3.05) is 25.1 Å². The smallest absolute Gasteiger partial charge is 0.338 e. The summed E-state index contributed by atoms with van der Waals surface area (Å²) in [5, 5.41) is 11.8. The molecule has 0 atom stereocenters. The highest BCUT2D eigenvalue weighted by molar-refractivity contribution is 14.1. The second-order valence-corrected chi connectivity index (χ2v) is 5.78. The molecule has 2 rings (SSSR count). The fourth-order valence-electron chi connectivity index (χ4n) is 2.01. The summed E-state index contributed by atoms with van der Waals surface area (Å²) in [5.74, 6) is -1.38. The van der Waals surface area contributed by atoms with Crippen molar-refractivity contribution in [3.8, 4) is 0 Å². The van der Waals surface area contributed by atoms with Crippen molar-refractivity contribution < 1.29 is 24.2 Å². The van der Waals surface area contributed by atoms with Crippen LogP contribution in [0.2, 0.25) is 0 Å². The van der Waals surface area contributed by atoms with E-state index in [1.54, 1.807) is 25.1 Å². The molecular weight excluding hydrogens is 415 g/mol. The molecule has 8 heteroatoms. The molecular formula is C15H15IN2O5. The Hall–Kier alpha value is -1.94. The minimum absolute atomic E-state index is 0.0434. The van der Waals surface area contributed by atoms with Gasteiger partial charge in [-0.2, -0.15) is 0 Å². The first-order chi connectivity index (χ1) is 11.0. The number of esters is 1. The van der Waals surface area contributed by atoms with Gasteiger partial charge < -0.3 is 15.2 Å². The number of ether oxygens (including phenoxy) is 1. The fourth-order valence-corrected chi connectivity index (χ4v) is 2.66. The van der Waals surface area contributed by atoms with E-state index in [0.717, 1.165) is 4.90 Å². The molecule has 1 aliphatic rings. The molecule has 0 bridgehead atoms. The number of rotatable bonds is 6. The number of imide groups is 1. The molecule has 23 heavy (non-hydrogen) atoms. The fraction of sp³-hybridized carbons (Fsp3) is 0.267. The van der Waals surface area contributed by atoms with Gasteiger partial charge in [0.25, 0.3) is 11.8 Å². The van der Waals surface area contributed by atoms with Crippen LogP contribution in [0.1, 0.15) is 17.3 Å². The number of nitrogens with zero attached hydrogens (tertiary/aromatic N) is 1. The molecule has 0 saturated heterocycles. The van der Waals surface area contributed by atoms with Gasteiger partial charge in [0, 0.05) is 9.65 Å². The van der Waals surface area contributed by atoms with Crippen LogP contribution in [0.25, 0.3) is 0 Å². The summed E-state index contributed by atoms with van der Waals surface area (Å²) in [4.78, 5) is 36.4. The Morgan fingerprint density at radius 3 is 2.74 bits per heavy atom. The van der Waals surface area contributed by atoms with Crippen LogP contribution in [-0.4, -0.2) is 47.5 Å². The first-order valence-electron chi connectivity index (χ1n) is 6.90. The molecule has 1 aromatic rings. The molecule has 0 aliphatic carbocycles. The van der Waals surface area contributed by atoms with Crippen molar-refractivity contribution in [2.24, 2.45) is 0 Å². The average Bonchev–Trinajstić information content (AvgIpc) is 2.77. The number of aliphatic hydroxyl groups is 1. The van der Waals surface area contributed by atoms with Crippen LogP contribution < -0.4 is 5.32 Å². The minimum Gasteiger partial charge on any atom is -0.462 e. The molecule has 0 aromatic heterocycles. The van der Waals surface area contributed by atoms with Gasteiger partial charge >= 0.3 is 5.97 Å². The van der Waals surface area contributed by atoms with Crippen LogP contribution in [-0.2, 0) is 14.3 Å². The Morgan fingerprint density at radius 1 is 1.39 bits per heavy atom. The molecule has 2 N–H and O–H groups in total. The van der Waals surface area contributed by atoms with Crippen LogP contribution in [0.15, 0.2) is 30.0 Å². The third kappa shape index (κ3) is 3.88. The SMILES string of the molecule is CCOC(=O)c1ccc(NC2=CC(=O)N(CCO)C2=O)c(I)c1. The predicted molar refractivity (Wildman–Crippen MR) is 90.6 cm³/mol. The quantitative estimate of drug-likeness (QED) is 0.399. The minimum atomic E-state index is -0.491. The van der Waals surface area contributed by atoms with E-state index in [4.69, 9.17) is 9.84 Å². The number of nitrogens with one attached hydrogen (secondary N) is 1. The maximum atomic E-state index is 12.1. The number of hydrogen-bond donors (Lipinski definition) is 2. The highest BCUT2D eigenvalue weighted by Crippen LogP contribution is 2.24. The molecule has 2 amide bonds. The molecule has 7 nitrogen and oxygen atoms in total. The molecule has 1 aromatic carbocycles. The van der Waals surface area contributed by atoms with Crippen LogP contribution >= 0.6 is 22.6 Å². The van der Waals surface area contributed by atoms with E-state index in [1.165, 1.54) is 6.08 Å². The summed E-state index contributed by atoms with van der Waals surface area (Å²) < 4.78 is 5.63. The summed E-state index contributed by atoms with van der Waals surface area (Å²) in [6.45, 7) is 1.69. The van der Waals surface area contributed by atoms with Crippen LogP contribution in [0.5, 0.6) is 0 Å². The number of aliphatic hydroxyl groups excluding tert-OH is 1. The van der Waals surface area contributed by atoms with Gasteiger partial charge in [-0.1, -0.05) is 0 Å². The Morgan fingerprint density at radius 2 is 2.13 bits per heavy atom. The van der Waals surface area contributed by atoms with E-state index >= 15 is 0 Å². The van der Waals surface area contributed by atoms with Crippen LogP contribution in [0.3, 0.4) is 0 Å². The van der Waals surface area contributed by atoms with Crippen molar-refractivity contribution >= 4 is 46.1 Å². The predicted octanol–water partition coefficient (Wildman–Crippen LogP) is 1.12. The lowest BCUT2D eigenvalue weighted by Gasteiger charge is -2.14. The number of β-amino-alcohol motifs (C(OH)–C–C–N with tert-alkyl or cyclic N) is 1. The first-order valence-corrected chi connectivity index (χ1v) is 7.98. The van der Waals surface area contributed by atoms with E-state index in [9.17, 15) is 14.4 Å². The summed E-state index contributed by atoms with van der Waals surface area (Å²) in [5.41, 5.74) is 1.13. The Balaban J connectivity index is 2.15. The molecule has 0 spiro atoms. The number of amides is 2. The van der Waals surface area contributed by atoms with Gasteiger partial charge in [-0.3, -0.25) is 14.5 Å². The maximum Gasteiger partial charge on any atom is 0.338 e. The van der Waals surface area contributed by atoms with Gasteiger partial charge in [0.15, 0.2) is 0 Å². The van der Waals surface area contributed by atoms with E-state index in [-0.39, 0.29) is 18.8 Å². The van der Waals surface area contributed by atoms with Crippen LogP contribution in [0, 0.1) is 3.57 Å². The van der Waals surface area contributed by atoms with Gasteiger partial charge in [0.1, 0.15) is 5.70 Å². The molecule has 1 heterocycles. The van der Waals surface area contributed by atoms with Crippen LogP contribution in [0.4, 0.5) is 5.69 Å². The number of carbonyl (C=O) groups excluding carboxylic acids is 3. The highest BCUT2D eigenvalue weighted by atomic mass is 127. The average molecular weight is 430 g/mol. The zero-order valence-corrected chi connectivity index (χ0v) is 14.5. The summed E-state index contributed by atoms with van der Waals surface area (Å²) >= 11 is 2.02. The second kappa shape index (κ2) is 7.55.